The molecule has 1 aliphatic heterocycles. The Morgan fingerprint density at radius 1 is 1.22 bits per heavy atom. The fourth-order valence-electron chi connectivity index (χ4n) is 2.87. The molecule has 1 saturated heterocycles. The van der Waals surface area contributed by atoms with E-state index in [1.54, 1.807) is 12.1 Å². The first-order valence-electron chi connectivity index (χ1n) is 9.20. The van der Waals surface area contributed by atoms with Crippen molar-refractivity contribution in [2.75, 3.05) is 45.2 Å². The summed E-state index contributed by atoms with van der Waals surface area (Å²) in [4.78, 5) is 14.5. The second-order valence-electron chi connectivity index (χ2n) is 8.05. The van der Waals surface area contributed by atoms with Crippen molar-refractivity contribution >= 4 is 21.6 Å². The van der Waals surface area contributed by atoms with E-state index in [1.165, 1.54) is 16.4 Å². The normalized spacial score (nSPS) is 17.7. The van der Waals surface area contributed by atoms with Crippen molar-refractivity contribution < 1.29 is 17.9 Å². The summed E-state index contributed by atoms with van der Waals surface area (Å²) in [5.41, 5.74) is 0.655. The fourth-order valence-corrected chi connectivity index (χ4v) is 4.28. The number of nitrogens with zero attached hydrogens (tertiary/aromatic N) is 2. The maximum atomic E-state index is 12.6. The highest BCUT2D eigenvalue weighted by Gasteiger charge is 2.27. The molecule has 0 spiro atoms. The van der Waals surface area contributed by atoms with Crippen molar-refractivity contribution in [1.29, 1.82) is 0 Å². The summed E-state index contributed by atoms with van der Waals surface area (Å²) < 4.78 is 31.9. The van der Waals surface area contributed by atoms with E-state index in [9.17, 15) is 13.2 Å². The Balaban J connectivity index is 1.98. The summed E-state index contributed by atoms with van der Waals surface area (Å²) in [6, 6.07) is 6.55. The van der Waals surface area contributed by atoms with Crippen LogP contribution in [0.2, 0.25) is 0 Å². The van der Waals surface area contributed by atoms with Gasteiger partial charge in [0.05, 0.1) is 24.7 Å². The number of nitrogens with one attached hydrogen (secondary N) is 1. The van der Waals surface area contributed by atoms with Crippen LogP contribution in [-0.2, 0) is 19.6 Å². The number of carbonyl (C=O) groups is 1. The summed E-state index contributed by atoms with van der Waals surface area (Å²) in [6.45, 7) is 10.3. The second kappa shape index (κ2) is 8.68. The molecule has 1 heterocycles. The molecule has 152 valence electrons. The number of anilines is 1. The average molecular weight is 398 g/mol. The quantitative estimate of drug-likeness (QED) is 0.794. The molecule has 8 heteroatoms. The number of rotatable bonds is 6. The van der Waals surface area contributed by atoms with Crippen LogP contribution in [0.3, 0.4) is 0 Å². The molecule has 1 aromatic carbocycles. The summed E-state index contributed by atoms with van der Waals surface area (Å²) >= 11 is 0. The van der Waals surface area contributed by atoms with Gasteiger partial charge in [-0.25, -0.2) is 8.42 Å². The van der Waals surface area contributed by atoms with E-state index < -0.39 is 10.0 Å². The highest BCUT2D eigenvalue weighted by Crippen LogP contribution is 2.23. The molecular weight excluding hydrogens is 366 g/mol. The van der Waals surface area contributed by atoms with E-state index >= 15 is 0 Å². The van der Waals surface area contributed by atoms with Crippen LogP contribution in [0.5, 0.6) is 0 Å². The lowest BCUT2D eigenvalue weighted by Gasteiger charge is -2.34. The molecule has 0 unspecified atom stereocenters. The van der Waals surface area contributed by atoms with Crippen molar-refractivity contribution in [3.63, 3.8) is 0 Å². The van der Waals surface area contributed by atoms with E-state index in [1.807, 2.05) is 11.9 Å². The topological polar surface area (TPSA) is 79.0 Å². The van der Waals surface area contributed by atoms with Gasteiger partial charge in [-0.3, -0.25) is 9.69 Å². The summed E-state index contributed by atoms with van der Waals surface area (Å²) in [7, 11) is -1.60. The van der Waals surface area contributed by atoms with Gasteiger partial charge in [-0.15, -0.1) is 0 Å². The van der Waals surface area contributed by atoms with Crippen LogP contribution in [0.4, 0.5) is 5.69 Å². The lowest BCUT2D eigenvalue weighted by molar-refractivity contribution is -0.117. The number of hydrogen-bond acceptors (Lipinski definition) is 5. The summed E-state index contributed by atoms with van der Waals surface area (Å²) in [6.07, 6.45) is 0. The van der Waals surface area contributed by atoms with Gasteiger partial charge in [0.1, 0.15) is 0 Å². The van der Waals surface area contributed by atoms with Crippen LogP contribution < -0.4 is 5.32 Å². The summed E-state index contributed by atoms with van der Waals surface area (Å²) in [5.74, 6) is -0.127. The maximum Gasteiger partial charge on any atom is 0.243 e. The van der Waals surface area contributed by atoms with Gasteiger partial charge >= 0.3 is 0 Å². The van der Waals surface area contributed by atoms with Crippen molar-refractivity contribution in [2.45, 2.75) is 38.6 Å². The lowest BCUT2D eigenvalue weighted by atomic mass is 9.87. The van der Waals surface area contributed by atoms with E-state index in [4.69, 9.17) is 4.74 Å². The number of likely N-dealkylation sites (N-methyl/N-ethyl adjacent to an activating group) is 1. The highest BCUT2D eigenvalue weighted by molar-refractivity contribution is 7.89. The number of benzene rings is 1. The largest absolute Gasteiger partial charge is 0.379 e. The van der Waals surface area contributed by atoms with Gasteiger partial charge in [0, 0.05) is 24.8 Å². The molecule has 1 aromatic rings. The zero-order valence-electron chi connectivity index (χ0n) is 16.9. The SMILES string of the molecule is C[C@H](N(C)CC(=O)Nc1ccc(S(=O)(=O)N2CCOCC2)cc1)C(C)(C)C. The fraction of sp³-hybridized carbons (Fsp3) is 0.632. The Bertz CT molecular complexity index is 735. The van der Waals surface area contributed by atoms with E-state index in [2.05, 4.69) is 33.0 Å². The van der Waals surface area contributed by atoms with E-state index in [-0.39, 0.29) is 28.8 Å². The highest BCUT2D eigenvalue weighted by atomic mass is 32.2. The minimum absolute atomic E-state index is 0.0739. The molecule has 1 aliphatic rings. The minimum atomic E-state index is -3.52. The Morgan fingerprint density at radius 3 is 2.30 bits per heavy atom. The molecule has 1 amide bonds. The first-order chi connectivity index (χ1) is 12.5. The molecule has 2 rings (SSSR count). The molecule has 1 fully saturated rings. The average Bonchev–Trinajstić information content (AvgIpc) is 2.61. The van der Waals surface area contributed by atoms with Gasteiger partial charge in [-0.1, -0.05) is 20.8 Å². The number of carbonyl (C=O) groups excluding carboxylic acids is 1. The third-order valence-corrected chi connectivity index (χ3v) is 6.97. The van der Waals surface area contributed by atoms with Crippen LogP contribution in [0.25, 0.3) is 0 Å². The smallest absolute Gasteiger partial charge is 0.243 e. The van der Waals surface area contributed by atoms with Crippen LogP contribution in [0.1, 0.15) is 27.7 Å². The molecule has 7 nitrogen and oxygen atoms in total. The van der Waals surface area contributed by atoms with Crippen LogP contribution in [-0.4, -0.2) is 69.5 Å². The van der Waals surface area contributed by atoms with Crippen molar-refractivity contribution in [3.8, 4) is 0 Å². The van der Waals surface area contributed by atoms with Gasteiger partial charge in [-0.05, 0) is 43.7 Å². The predicted molar refractivity (Wildman–Crippen MR) is 106 cm³/mol. The third kappa shape index (κ3) is 5.75. The van der Waals surface area contributed by atoms with Crippen LogP contribution >= 0.6 is 0 Å². The van der Waals surface area contributed by atoms with Gasteiger partial charge in [-0.2, -0.15) is 4.31 Å². The number of sulfonamides is 1. The zero-order valence-corrected chi connectivity index (χ0v) is 17.7. The number of hydrogen-bond donors (Lipinski definition) is 1. The number of ether oxygens (including phenoxy) is 1. The van der Waals surface area contributed by atoms with Gasteiger partial charge in [0.2, 0.25) is 15.9 Å². The van der Waals surface area contributed by atoms with Gasteiger partial charge in [0.25, 0.3) is 0 Å². The Morgan fingerprint density at radius 2 is 1.78 bits per heavy atom. The van der Waals surface area contributed by atoms with E-state index in [0.717, 1.165) is 0 Å². The van der Waals surface area contributed by atoms with Gasteiger partial charge < -0.3 is 10.1 Å². The molecule has 27 heavy (non-hydrogen) atoms. The second-order valence-corrected chi connectivity index (χ2v) is 9.98. The number of morpholine rings is 1. The minimum Gasteiger partial charge on any atom is -0.379 e. The Hall–Kier alpha value is -1.48. The first kappa shape index (κ1) is 21.8. The zero-order chi connectivity index (χ0) is 20.2. The predicted octanol–water partition coefficient (Wildman–Crippen LogP) is 2.01. The lowest BCUT2D eigenvalue weighted by Crippen LogP contribution is -2.43. The summed E-state index contributed by atoms with van der Waals surface area (Å²) in [5, 5.41) is 2.83. The molecule has 0 aliphatic carbocycles. The first-order valence-corrected chi connectivity index (χ1v) is 10.6. The van der Waals surface area contributed by atoms with Crippen molar-refractivity contribution in [2.24, 2.45) is 5.41 Å². The van der Waals surface area contributed by atoms with Crippen molar-refractivity contribution in [1.82, 2.24) is 9.21 Å². The van der Waals surface area contributed by atoms with Crippen molar-refractivity contribution in [3.05, 3.63) is 24.3 Å². The van der Waals surface area contributed by atoms with Gasteiger partial charge in [0.15, 0.2) is 0 Å². The molecule has 1 N–H and O–H groups in total. The molecule has 1 atom stereocenters. The molecule has 0 saturated carbocycles. The maximum absolute atomic E-state index is 12.6. The Kier molecular flexibility index (Phi) is 7.02. The van der Waals surface area contributed by atoms with Crippen LogP contribution in [0, 0.1) is 5.41 Å². The standard InChI is InChI=1S/C19H31N3O4S/c1-15(19(2,3)4)21(5)14-18(23)20-16-6-8-17(9-7-16)27(24,25)22-10-12-26-13-11-22/h6-9,15H,10-14H2,1-5H3,(H,20,23)/t15-/m0/s1. The molecule has 0 bridgehead atoms. The number of amides is 1. The molecule has 0 aromatic heterocycles. The Labute approximate surface area is 162 Å². The van der Waals surface area contributed by atoms with E-state index in [0.29, 0.717) is 32.0 Å². The molecule has 0 radical (unpaired) electrons. The monoisotopic (exact) mass is 397 g/mol. The molecular formula is C19H31N3O4S. The third-order valence-electron chi connectivity index (χ3n) is 5.05. The van der Waals surface area contributed by atoms with Crippen LogP contribution in [0.15, 0.2) is 29.2 Å².